The number of benzene rings is 1. The SMILES string of the molecule is Cc1ccc(-c2cncc3[nH]c(-c4n[nH]c5ccc(-c6cncc(N(C)C)c6)cc45)nc23)s1. The number of thiophene rings is 1. The summed E-state index contributed by atoms with van der Waals surface area (Å²) >= 11 is 1.74. The summed E-state index contributed by atoms with van der Waals surface area (Å²) in [6.45, 7) is 2.11. The molecule has 0 aliphatic carbocycles. The van der Waals surface area contributed by atoms with Gasteiger partial charge in [0.25, 0.3) is 0 Å². The normalized spacial score (nSPS) is 11.5. The van der Waals surface area contributed by atoms with E-state index in [1.807, 2.05) is 49.8 Å². The third kappa shape index (κ3) is 3.35. The number of hydrogen-bond donors (Lipinski definition) is 2. The highest BCUT2D eigenvalue weighted by Gasteiger charge is 2.17. The van der Waals surface area contributed by atoms with E-state index in [1.165, 1.54) is 4.88 Å². The van der Waals surface area contributed by atoms with Crippen molar-refractivity contribution >= 4 is 39.0 Å². The lowest BCUT2D eigenvalue weighted by molar-refractivity contribution is 1.11. The molecule has 0 saturated heterocycles. The summed E-state index contributed by atoms with van der Waals surface area (Å²) < 4.78 is 0. The van der Waals surface area contributed by atoms with Crippen LogP contribution in [0.1, 0.15) is 4.88 Å². The van der Waals surface area contributed by atoms with Crippen LogP contribution in [-0.2, 0) is 0 Å². The highest BCUT2D eigenvalue weighted by molar-refractivity contribution is 7.15. The van der Waals surface area contributed by atoms with Crippen molar-refractivity contribution in [3.05, 3.63) is 66.1 Å². The van der Waals surface area contributed by atoms with Crippen LogP contribution in [0.4, 0.5) is 5.69 Å². The first kappa shape index (κ1) is 19.6. The minimum Gasteiger partial charge on any atom is -0.376 e. The number of aryl methyl sites for hydroxylation is 1. The van der Waals surface area contributed by atoms with Crippen LogP contribution in [0, 0.1) is 6.92 Å². The van der Waals surface area contributed by atoms with Crippen LogP contribution >= 0.6 is 11.3 Å². The molecule has 0 saturated carbocycles. The van der Waals surface area contributed by atoms with Crippen molar-refractivity contribution < 1.29 is 0 Å². The van der Waals surface area contributed by atoms with Crippen molar-refractivity contribution in [3.63, 3.8) is 0 Å². The maximum absolute atomic E-state index is 4.94. The molecule has 0 amide bonds. The molecule has 1 aromatic carbocycles. The van der Waals surface area contributed by atoms with Crippen molar-refractivity contribution in [3.8, 4) is 33.1 Å². The van der Waals surface area contributed by atoms with Gasteiger partial charge in [-0.2, -0.15) is 5.10 Å². The van der Waals surface area contributed by atoms with Crippen LogP contribution in [0.3, 0.4) is 0 Å². The molecule has 0 spiro atoms. The van der Waals surface area contributed by atoms with Crippen LogP contribution in [0.25, 0.3) is 55.0 Å². The van der Waals surface area contributed by atoms with Gasteiger partial charge in [0.15, 0.2) is 5.82 Å². The third-order valence-electron chi connectivity index (χ3n) is 5.76. The fourth-order valence-corrected chi connectivity index (χ4v) is 4.89. The average molecular weight is 452 g/mol. The summed E-state index contributed by atoms with van der Waals surface area (Å²) in [5.41, 5.74) is 7.75. The molecular weight excluding hydrogens is 430 g/mol. The van der Waals surface area contributed by atoms with Crippen molar-refractivity contribution in [2.45, 2.75) is 6.92 Å². The summed E-state index contributed by atoms with van der Waals surface area (Å²) in [6, 6.07) is 12.6. The Hall–Kier alpha value is -4.04. The Morgan fingerprint density at radius 2 is 1.76 bits per heavy atom. The fourth-order valence-electron chi connectivity index (χ4n) is 4.01. The molecule has 6 rings (SSSR count). The van der Waals surface area contributed by atoms with Crippen LogP contribution in [-0.4, -0.2) is 44.2 Å². The predicted octanol–water partition coefficient (Wildman–Crippen LogP) is 5.67. The summed E-state index contributed by atoms with van der Waals surface area (Å²) in [5, 5.41) is 8.73. The Labute approximate surface area is 194 Å². The fraction of sp³-hybridized carbons (Fsp3) is 0.120. The molecule has 0 radical (unpaired) electrons. The molecule has 0 aliphatic rings. The van der Waals surface area contributed by atoms with E-state index in [1.54, 1.807) is 11.3 Å². The number of aromatic nitrogens is 6. The summed E-state index contributed by atoms with van der Waals surface area (Å²) in [6.07, 6.45) is 7.44. The average Bonchev–Trinajstić information content (AvgIpc) is 3.55. The Kier molecular flexibility index (Phi) is 4.48. The number of rotatable bonds is 4. The molecule has 33 heavy (non-hydrogen) atoms. The largest absolute Gasteiger partial charge is 0.376 e. The van der Waals surface area contributed by atoms with Gasteiger partial charge in [0, 0.05) is 52.8 Å². The molecular formula is C25H21N7S. The molecule has 0 bridgehead atoms. The minimum absolute atomic E-state index is 0.719. The number of nitrogens with zero attached hydrogens (tertiary/aromatic N) is 5. The van der Waals surface area contributed by atoms with Crippen molar-refractivity contribution in [2.75, 3.05) is 19.0 Å². The number of fused-ring (bicyclic) bond motifs is 2. The molecule has 5 heterocycles. The zero-order chi connectivity index (χ0) is 22.5. The van der Waals surface area contributed by atoms with Crippen molar-refractivity contribution in [1.82, 2.24) is 30.1 Å². The number of nitrogens with one attached hydrogen (secondary N) is 2. The molecule has 0 atom stereocenters. The van der Waals surface area contributed by atoms with Crippen LogP contribution in [0.2, 0.25) is 0 Å². The molecule has 0 unspecified atom stereocenters. The maximum Gasteiger partial charge on any atom is 0.159 e. The number of anilines is 1. The van der Waals surface area contributed by atoms with Crippen LogP contribution < -0.4 is 4.90 Å². The Bertz CT molecular complexity index is 1620. The third-order valence-corrected chi connectivity index (χ3v) is 6.79. The van der Waals surface area contributed by atoms with E-state index in [-0.39, 0.29) is 0 Å². The zero-order valence-corrected chi connectivity index (χ0v) is 19.2. The second-order valence-corrected chi connectivity index (χ2v) is 9.53. The molecule has 0 aliphatic heterocycles. The van der Waals surface area contributed by atoms with Gasteiger partial charge in [-0.3, -0.25) is 15.1 Å². The summed E-state index contributed by atoms with van der Waals surface area (Å²) in [5.74, 6) is 0.719. The number of imidazole rings is 1. The first-order valence-electron chi connectivity index (χ1n) is 10.6. The standard InChI is InChI=1S/C25H21N7S/c1-14-4-7-22(33-14)19-12-27-13-21-23(19)29-25(28-21)24-18-9-15(5-6-20(18)30-31-24)16-8-17(32(2)3)11-26-10-16/h4-13H,1-3H3,(H,28,29)(H,30,31). The number of H-pyrrole nitrogens is 2. The Morgan fingerprint density at radius 3 is 2.58 bits per heavy atom. The smallest absolute Gasteiger partial charge is 0.159 e. The highest BCUT2D eigenvalue weighted by Crippen LogP contribution is 2.35. The molecule has 162 valence electrons. The van der Waals surface area contributed by atoms with E-state index in [4.69, 9.17) is 4.98 Å². The van der Waals surface area contributed by atoms with E-state index >= 15 is 0 Å². The van der Waals surface area contributed by atoms with Crippen molar-refractivity contribution in [1.29, 1.82) is 0 Å². The van der Waals surface area contributed by atoms with Gasteiger partial charge < -0.3 is 9.88 Å². The number of pyridine rings is 2. The second kappa shape index (κ2) is 7.53. The predicted molar refractivity (Wildman–Crippen MR) is 135 cm³/mol. The van der Waals surface area contributed by atoms with E-state index in [0.717, 1.165) is 60.7 Å². The first-order valence-corrected chi connectivity index (χ1v) is 11.4. The first-order chi connectivity index (χ1) is 16.1. The number of hydrogen-bond acceptors (Lipinski definition) is 6. The van der Waals surface area contributed by atoms with E-state index in [0.29, 0.717) is 0 Å². The van der Waals surface area contributed by atoms with Crippen LogP contribution in [0.5, 0.6) is 0 Å². The molecule has 2 N–H and O–H groups in total. The summed E-state index contributed by atoms with van der Waals surface area (Å²) in [4.78, 5) is 21.7. The molecule has 0 fully saturated rings. The minimum atomic E-state index is 0.719. The van der Waals surface area contributed by atoms with Crippen molar-refractivity contribution in [2.24, 2.45) is 0 Å². The lowest BCUT2D eigenvalue weighted by Gasteiger charge is -2.13. The monoisotopic (exact) mass is 451 g/mol. The van der Waals surface area contributed by atoms with Gasteiger partial charge >= 0.3 is 0 Å². The van der Waals surface area contributed by atoms with E-state index in [9.17, 15) is 0 Å². The van der Waals surface area contributed by atoms with Gasteiger partial charge in [0.1, 0.15) is 11.2 Å². The topological polar surface area (TPSA) is 86.4 Å². The van der Waals surface area contributed by atoms with Gasteiger partial charge in [-0.1, -0.05) is 6.07 Å². The van der Waals surface area contributed by atoms with Crippen LogP contribution in [0.15, 0.2) is 61.2 Å². The summed E-state index contributed by atoms with van der Waals surface area (Å²) in [7, 11) is 4.03. The maximum atomic E-state index is 4.94. The van der Waals surface area contributed by atoms with E-state index < -0.39 is 0 Å². The molecule has 6 aromatic rings. The van der Waals surface area contributed by atoms with E-state index in [2.05, 4.69) is 62.4 Å². The van der Waals surface area contributed by atoms with Gasteiger partial charge in [-0.25, -0.2) is 4.98 Å². The lowest BCUT2D eigenvalue weighted by Crippen LogP contribution is -2.08. The molecule has 8 heteroatoms. The molecule has 5 aromatic heterocycles. The van der Waals surface area contributed by atoms with Gasteiger partial charge in [0.05, 0.1) is 29.1 Å². The van der Waals surface area contributed by atoms with Gasteiger partial charge in [0.2, 0.25) is 0 Å². The quantitative estimate of drug-likeness (QED) is 0.361. The van der Waals surface area contributed by atoms with Gasteiger partial charge in [-0.15, -0.1) is 11.3 Å². The molecule has 7 nitrogen and oxygen atoms in total. The number of aromatic amines is 2. The van der Waals surface area contributed by atoms with Gasteiger partial charge in [-0.05, 0) is 42.8 Å². The lowest BCUT2D eigenvalue weighted by atomic mass is 10.0. The highest BCUT2D eigenvalue weighted by atomic mass is 32.1. The Morgan fingerprint density at radius 1 is 0.879 bits per heavy atom. The Balaban J connectivity index is 1.48. The second-order valence-electron chi connectivity index (χ2n) is 8.24. The zero-order valence-electron chi connectivity index (χ0n) is 18.4.